The van der Waals surface area contributed by atoms with Gasteiger partial charge in [0.2, 0.25) is 0 Å². The smallest absolute Gasteiger partial charge is 0.336 e. The monoisotopic (exact) mass is 240 g/mol. The summed E-state index contributed by atoms with van der Waals surface area (Å²) in [7, 11) is 1.71. The summed E-state index contributed by atoms with van der Waals surface area (Å²) in [4.78, 5) is 20.9. The summed E-state index contributed by atoms with van der Waals surface area (Å²) in [6, 6.07) is 5.48. The van der Waals surface area contributed by atoms with Gasteiger partial charge >= 0.3 is 11.9 Å². The van der Waals surface area contributed by atoms with E-state index in [9.17, 15) is 9.59 Å². The molecule has 17 heavy (non-hydrogen) atoms. The minimum Gasteiger partial charge on any atom is -0.478 e. The molecule has 0 atom stereocenters. The Morgan fingerprint density at radius 3 is 1.71 bits per heavy atom. The standard InChI is InChI=1S/C8H6O4.C4H10O/c9-7(10)5-3-1-2-4-6(5)8(11)12;1-3-4-5-2/h1-4H,(H,9,10)(H,11,12);3-4H2,1-2H3. The molecule has 0 amide bonds. The predicted molar refractivity (Wildman–Crippen MR) is 62.5 cm³/mol. The molecule has 1 aromatic carbocycles. The fourth-order valence-corrected chi connectivity index (χ4v) is 1.06. The van der Waals surface area contributed by atoms with Gasteiger partial charge in [0, 0.05) is 13.7 Å². The second-order valence-electron chi connectivity index (χ2n) is 3.15. The van der Waals surface area contributed by atoms with Crippen LogP contribution in [0.25, 0.3) is 0 Å². The summed E-state index contributed by atoms with van der Waals surface area (Å²) in [5.74, 6) is -2.46. The average molecular weight is 240 g/mol. The van der Waals surface area contributed by atoms with Crippen LogP contribution in [0.5, 0.6) is 0 Å². The number of carbonyl (C=O) groups is 2. The largest absolute Gasteiger partial charge is 0.478 e. The zero-order chi connectivity index (χ0) is 13.3. The second kappa shape index (κ2) is 8.29. The van der Waals surface area contributed by atoms with Crippen molar-refractivity contribution in [2.75, 3.05) is 13.7 Å². The summed E-state index contributed by atoms with van der Waals surface area (Å²) >= 11 is 0. The van der Waals surface area contributed by atoms with Crippen LogP contribution in [0.1, 0.15) is 34.1 Å². The topological polar surface area (TPSA) is 83.8 Å². The van der Waals surface area contributed by atoms with E-state index < -0.39 is 11.9 Å². The maximum atomic E-state index is 10.5. The molecule has 0 aliphatic carbocycles. The number of carboxylic acids is 2. The number of hydrogen-bond acceptors (Lipinski definition) is 3. The zero-order valence-electron chi connectivity index (χ0n) is 9.84. The molecule has 0 heterocycles. The fraction of sp³-hybridized carbons (Fsp3) is 0.333. The molecule has 0 aliphatic rings. The summed E-state index contributed by atoms with van der Waals surface area (Å²) in [6.07, 6.45) is 1.12. The van der Waals surface area contributed by atoms with Gasteiger partial charge in [0.15, 0.2) is 0 Å². The summed E-state index contributed by atoms with van der Waals surface area (Å²) in [5.41, 5.74) is -0.380. The van der Waals surface area contributed by atoms with Crippen molar-refractivity contribution >= 4 is 11.9 Å². The van der Waals surface area contributed by atoms with Gasteiger partial charge in [-0.25, -0.2) is 9.59 Å². The molecule has 0 spiro atoms. The van der Waals surface area contributed by atoms with Crippen molar-refractivity contribution in [1.29, 1.82) is 0 Å². The van der Waals surface area contributed by atoms with Crippen LogP contribution in [0.15, 0.2) is 24.3 Å². The van der Waals surface area contributed by atoms with E-state index in [0.29, 0.717) is 0 Å². The maximum Gasteiger partial charge on any atom is 0.336 e. The lowest BCUT2D eigenvalue weighted by Gasteiger charge is -1.98. The number of benzene rings is 1. The lowest BCUT2D eigenvalue weighted by Crippen LogP contribution is -2.06. The Kier molecular flexibility index (Phi) is 7.38. The highest BCUT2D eigenvalue weighted by atomic mass is 16.5. The van der Waals surface area contributed by atoms with Gasteiger partial charge in [-0.2, -0.15) is 0 Å². The lowest BCUT2D eigenvalue weighted by atomic mass is 10.1. The first-order valence-electron chi connectivity index (χ1n) is 5.09. The third kappa shape index (κ3) is 5.67. The number of ether oxygens (including phenoxy) is 1. The van der Waals surface area contributed by atoms with Gasteiger partial charge in [-0.3, -0.25) is 0 Å². The van der Waals surface area contributed by atoms with E-state index in [4.69, 9.17) is 14.9 Å². The van der Waals surface area contributed by atoms with E-state index in [-0.39, 0.29) is 11.1 Å². The molecule has 5 nitrogen and oxygen atoms in total. The zero-order valence-corrected chi connectivity index (χ0v) is 9.84. The molecule has 0 unspecified atom stereocenters. The Morgan fingerprint density at radius 2 is 1.53 bits per heavy atom. The quantitative estimate of drug-likeness (QED) is 0.842. The molecule has 0 aromatic heterocycles. The Labute approximate surface area is 99.7 Å². The van der Waals surface area contributed by atoms with Gasteiger partial charge in [0.25, 0.3) is 0 Å². The van der Waals surface area contributed by atoms with Crippen molar-refractivity contribution in [3.63, 3.8) is 0 Å². The molecule has 0 aliphatic heterocycles. The molecule has 0 saturated carbocycles. The molecule has 0 radical (unpaired) electrons. The number of methoxy groups -OCH3 is 1. The molecule has 0 saturated heterocycles. The van der Waals surface area contributed by atoms with Gasteiger partial charge < -0.3 is 14.9 Å². The molecule has 1 rings (SSSR count). The van der Waals surface area contributed by atoms with Gasteiger partial charge in [0.1, 0.15) is 0 Å². The van der Waals surface area contributed by atoms with Crippen molar-refractivity contribution in [3.05, 3.63) is 35.4 Å². The third-order valence-corrected chi connectivity index (χ3v) is 1.80. The van der Waals surface area contributed by atoms with E-state index in [0.717, 1.165) is 13.0 Å². The highest BCUT2D eigenvalue weighted by molar-refractivity contribution is 6.01. The van der Waals surface area contributed by atoms with Crippen LogP contribution in [0.3, 0.4) is 0 Å². The van der Waals surface area contributed by atoms with Crippen LogP contribution >= 0.6 is 0 Å². The minimum atomic E-state index is -1.23. The number of aromatic carboxylic acids is 2. The predicted octanol–water partition coefficient (Wildman–Crippen LogP) is 2.13. The van der Waals surface area contributed by atoms with Crippen LogP contribution in [0.4, 0.5) is 0 Å². The van der Waals surface area contributed by atoms with E-state index in [1.807, 2.05) is 0 Å². The van der Waals surface area contributed by atoms with Crippen molar-refractivity contribution < 1.29 is 24.5 Å². The van der Waals surface area contributed by atoms with Crippen LogP contribution in [0, 0.1) is 0 Å². The van der Waals surface area contributed by atoms with E-state index in [1.54, 1.807) is 7.11 Å². The molecule has 0 bridgehead atoms. The van der Waals surface area contributed by atoms with Gasteiger partial charge in [0.05, 0.1) is 11.1 Å². The normalized spacial score (nSPS) is 9.06. The average Bonchev–Trinajstić information content (AvgIpc) is 2.30. The SMILES string of the molecule is CCCOC.O=C(O)c1ccccc1C(=O)O. The highest BCUT2D eigenvalue weighted by Crippen LogP contribution is 2.07. The highest BCUT2D eigenvalue weighted by Gasteiger charge is 2.13. The summed E-state index contributed by atoms with van der Waals surface area (Å²) < 4.78 is 4.69. The van der Waals surface area contributed by atoms with Gasteiger partial charge in [-0.05, 0) is 18.6 Å². The van der Waals surface area contributed by atoms with Crippen LogP contribution < -0.4 is 0 Å². The molecular weight excluding hydrogens is 224 g/mol. The van der Waals surface area contributed by atoms with E-state index in [1.165, 1.54) is 24.3 Å². The Balaban J connectivity index is 0.000000437. The second-order valence-corrected chi connectivity index (χ2v) is 3.15. The third-order valence-electron chi connectivity index (χ3n) is 1.80. The van der Waals surface area contributed by atoms with Crippen LogP contribution in [0.2, 0.25) is 0 Å². The van der Waals surface area contributed by atoms with Crippen LogP contribution in [-0.4, -0.2) is 35.9 Å². The molecule has 2 N–H and O–H groups in total. The Morgan fingerprint density at radius 1 is 1.12 bits per heavy atom. The first kappa shape index (κ1) is 15.1. The Hall–Kier alpha value is -1.88. The summed E-state index contributed by atoms with van der Waals surface area (Å²) in [6.45, 7) is 2.98. The number of carboxylic acid groups (broad SMARTS) is 2. The molecule has 5 heteroatoms. The van der Waals surface area contributed by atoms with Gasteiger partial charge in [-0.1, -0.05) is 19.1 Å². The number of rotatable bonds is 4. The van der Waals surface area contributed by atoms with Crippen LogP contribution in [-0.2, 0) is 4.74 Å². The van der Waals surface area contributed by atoms with Crippen molar-refractivity contribution in [3.8, 4) is 0 Å². The van der Waals surface area contributed by atoms with Crippen molar-refractivity contribution in [2.24, 2.45) is 0 Å². The Bertz CT molecular complexity index is 338. The summed E-state index contributed by atoms with van der Waals surface area (Å²) in [5, 5.41) is 17.1. The maximum absolute atomic E-state index is 10.5. The fourth-order valence-electron chi connectivity index (χ4n) is 1.06. The molecular formula is C12H16O5. The molecule has 1 aromatic rings. The number of hydrogen-bond donors (Lipinski definition) is 2. The van der Waals surface area contributed by atoms with Gasteiger partial charge in [-0.15, -0.1) is 0 Å². The molecule has 94 valence electrons. The molecule has 0 fully saturated rings. The first-order chi connectivity index (χ1) is 8.04. The van der Waals surface area contributed by atoms with E-state index >= 15 is 0 Å². The van der Waals surface area contributed by atoms with E-state index in [2.05, 4.69) is 6.92 Å². The first-order valence-corrected chi connectivity index (χ1v) is 5.09. The lowest BCUT2D eigenvalue weighted by molar-refractivity contribution is 0.0651. The van der Waals surface area contributed by atoms with Crippen molar-refractivity contribution in [1.82, 2.24) is 0 Å². The van der Waals surface area contributed by atoms with Crippen molar-refractivity contribution in [2.45, 2.75) is 13.3 Å². The minimum absolute atomic E-state index is 0.190.